The van der Waals surface area contributed by atoms with E-state index in [9.17, 15) is 0 Å². The van der Waals surface area contributed by atoms with Crippen LogP contribution in [0.5, 0.6) is 0 Å². The minimum Gasteiger partial charge on any atom is -0.423 e. The molecule has 2 N–H and O–H groups in total. The minimum absolute atomic E-state index is 0. The van der Waals surface area contributed by atoms with Crippen LogP contribution in [0.25, 0.3) is 0 Å². The second kappa shape index (κ2) is 4.15. The zero-order valence-electron chi connectivity index (χ0n) is 8.19. The largest absolute Gasteiger partial charge is 0.488 e. The van der Waals surface area contributed by atoms with Crippen molar-refractivity contribution < 1.29 is 12.9 Å². The molecule has 0 aromatic heterocycles. The van der Waals surface area contributed by atoms with Crippen molar-refractivity contribution in [3.8, 4) is 0 Å². The monoisotopic (exact) mass is 194 g/mol. The Morgan fingerprint density at radius 1 is 1.07 bits per heavy atom. The lowest BCUT2D eigenvalue weighted by atomic mass is 9.79. The van der Waals surface area contributed by atoms with E-state index in [0.717, 1.165) is 0 Å². The van der Waals surface area contributed by atoms with Crippen molar-refractivity contribution in [3.05, 3.63) is 29.8 Å². The summed E-state index contributed by atoms with van der Waals surface area (Å²) in [5.74, 6) is 0.694. The van der Waals surface area contributed by atoms with Crippen LogP contribution in [-0.2, 0) is 0 Å². The molecule has 0 spiro atoms. The predicted octanol–water partition coefficient (Wildman–Crippen LogP) is 1.52. The SMILES string of the molecule is OB(O)c1ccc(C2CCCC2)cc1.[HH].[HH]. The van der Waals surface area contributed by atoms with Gasteiger partial charge in [0, 0.05) is 2.85 Å². The summed E-state index contributed by atoms with van der Waals surface area (Å²) in [5, 5.41) is 17.9. The molecular weight excluding hydrogens is 175 g/mol. The van der Waals surface area contributed by atoms with E-state index in [1.165, 1.54) is 31.2 Å². The van der Waals surface area contributed by atoms with Crippen molar-refractivity contribution >= 4 is 12.6 Å². The third-order valence-electron chi connectivity index (χ3n) is 3.06. The summed E-state index contributed by atoms with van der Waals surface area (Å²) in [4.78, 5) is 0. The van der Waals surface area contributed by atoms with E-state index in [0.29, 0.717) is 11.4 Å². The molecule has 1 fully saturated rings. The molecule has 0 radical (unpaired) electrons. The predicted molar refractivity (Wildman–Crippen MR) is 61.7 cm³/mol. The molecule has 0 aliphatic heterocycles. The van der Waals surface area contributed by atoms with Crippen LogP contribution in [0.3, 0.4) is 0 Å². The Bertz CT molecular complexity index is 297. The van der Waals surface area contributed by atoms with Gasteiger partial charge in [-0.15, -0.1) is 0 Å². The Kier molecular flexibility index (Phi) is 2.89. The van der Waals surface area contributed by atoms with Crippen molar-refractivity contribution in [1.29, 1.82) is 0 Å². The Labute approximate surface area is 87.7 Å². The highest BCUT2D eigenvalue weighted by Gasteiger charge is 2.17. The first-order valence-electron chi connectivity index (χ1n) is 5.23. The van der Waals surface area contributed by atoms with E-state index in [1.54, 1.807) is 12.1 Å². The number of hydrogen-bond acceptors (Lipinski definition) is 2. The maximum absolute atomic E-state index is 8.94. The second-order valence-electron chi connectivity index (χ2n) is 4.02. The van der Waals surface area contributed by atoms with E-state index in [4.69, 9.17) is 10.0 Å². The zero-order chi connectivity index (χ0) is 9.97. The van der Waals surface area contributed by atoms with Crippen LogP contribution in [-0.4, -0.2) is 17.2 Å². The molecule has 2 rings (SSSR count). The van der Waals surface area contributed by atoms with E-state index >= 15 is 0 Å². The van der Waals surface area contributed by atoms with Gasteiger partial charge in [-0.25, -0.2) is 0 Å². The van der Waals surface area contributed by atoms with Gasteiger partial charge in [0.05, 0.1) is 0 Å². The highest BCUT2D eigenvalue weighted by atomic mass is 16.4. The lowest BCUT2D eigenvalue weighted by molar-refractivity contribution is 0.426. The van der Waals surface area contributed by atoms with Crippen LogP contribution >= 0.6 is 0 Å². The standard InChI is InChI=1S/C11H15BO2.2H2/c13-12(14)11-7-5-10(6-8-11)9-3-1-2-4-9;;/h5-9,13-14H,1-4H2;2*1H. The van der Waals surface area contributed by atoms with Gasteiger partial charge in [-0.3, -0.25) is 0 Å². The highest BCUT2D eigenvalue weighted by molar-refractivity contribution is 6.58. The summed E-state index contributed by atoms with van der Waals surface area (Å²) < 4.78 is 0. The molecule has 0 amide bonds. The van der Waals surface area contributed by atoms with Crippen molar-refractivity contribution in [3.63, 3.8) is 0 Å². The molecule has 14 heavy (non-hydrogen) atoms. The maximum Gasteiger partial charge on any atom is 0.488 e. The molecule has 0 heterocycles. The first-order chi connectivity index (χ1) is 6.77. The van der Waals surface area contributed by atoms with E-state index in [1.807, 2.05) is 12.1 Å². The Hall–Kier alpha value is -0.795. The zero-order valence-corrected chi connectivity index (χ0v) is 8.19. The van der Waals surface area contributed by atoms with E-state index in [-0.39, 0.29) is 2.85 Å². The van der Waals surface area contributed by atoms with Crippen LogP contribution < -0.4 is 5.46 Å². The molecule has 78 valence electrons. The van der Waals surface area contributed by atoms with Gasteiger partial charge in [0.2, 0.25) is 0 Å². The summed E-state index contributed by atoms with van der Waals surface area (Å²) in [6.45, 7) is 0. The van der Waals surface area contributed by atoms with Crippen molar-refractivity contribution in [2.45, 2.75) is 31.6 Å². The molecule has 0 atom stereocenters. The van der Waals surface area contributed by atoms with E-state index < -0.39 is 7.12 Å². The minimum atomic E-state index is -1.34. The lowest BCUT2D eigenvalue weighted by Gasteiger charge is -2.09. The van der Waals surface area contributed by atoms with Crippen LogP contribution in [0, 0.1) is 0 Å². The molecule has 2 nitrogen and oxygen atoms in total. The van der Waals surface area contributed by atoms with Crippen LogP contribution in [0.4, 0.5) is 0 Å². The quantitative estimate of drug-likeness (QED) is 0.700. The first kappa shape index (κ1) is 9.75. The average Bonchev–Trinajstić information content (AvgIpc) is 2.71. The average molecular weight is 194 g/mol. The third kappa shape index (κ3) is 1.99. The van der Waals surface area contributed by atoms with Crippen molar-refractivity contribution in [1.82, 2.24) is 0 Å². The molecule has 0 bridgehead atoms. The topological polar surface area (TPSA) is 40.5 Å². The maximum atomic E-state index is 8.94. The van der Waals surface area contributed by atoms with Gasteiger partial charge in [-0.2, -0.15) is 0 Å². The van der Waals surface area contributed by atoms with E-state index in [2.05, 4.69) is 0 Å². The molecular formula is C11H19BO2. The number of benzene rings is 1. The van der Waals surface area contributed by atoms with Gasteiger partial charge in [0.15, 0.2) is 0 Å². The fraction of sp³-hybridized carbons (Fsp3) is 0.455. The molecule has 1 aliphatic rings. The molecule has 0 saturated heterocycles. The van der Waals surface area contributed by atoms with Gasteiger partial charge < -0.3 is 10.0 Å². The summed E-state index contributed by atoms with van der Waals surface area (Å²) in [7, 11) is -1.34. The number of rotatable bonds is 2. The summed E-state index contributed by atoms with van der Waals surface area (Å²) >= 11 is 0. The smallest absolute Gasteiger partial charge is 0.423 e. The first-order valence-corrected chi connectivity index (χ1v) is 5.23. The summed E-state index contributed by atoms with van der Waals surface area (Å²) in [6, 6.07) is 7.64. The molecule has 1 aliphatic carbocycles. The van der Waals surface area contributed by atoms with Crippen LogP contribution in [0.1, 0.15) is 40.0 Å². The number of hydrogen-bond donors (Lipinski definition) is 2. The third-order valence-corrected chi connectivity index (χ3v) is 3.06. The Morgan fingerprint density at radius 2 is 1.64 bits per heavy atom. The fourth-order valence-electron chi connectivity index (χ4n) is 2.20. The van der Waals surface area contributed by atoms with Crippen molar-refractivity contribution in [2.24, 2.45) is 0 Å². The molecule has 3 heteroatoms. The molecule has 1 saturated carbocycles. The van der Waals surface area contributed by atoms with Gasteiger partial charge in [-0.05, 0) is 29.8 Å². The van der Waals surface area contributed by atoms with Gasteiger partial charge >= 0.3 is 7.12 Å². The lowest BCUT2D eigenvalue weighted by Crippen LogP contribution is -2.29. The summed E-state index contributed by atoms with van der Waals surface area (Å²) in [5.41, 5.74) is 1.92. The van der Waals surface area contributed by atoms with Gasteiger partial charge in [-0.1, -0.05) is 37.1 Å². The Morgan fingerprint density at radius 3 is 2.14 bits per heavy atom. The van der Waals surface area contributed by atoms with Gasteiger partial charge in [0.1, 0.15) is 0 Å². The van der Waals surface area contributed by atoms with Crippen LogP contribution in [0.15, 0.2) is 24.3 Å². The van der Waals surface area contributed by atoms with Crippen molar-refractivity contribution in [2.75, 3.05) is 0 Å². The van der Waals surface area contributed by atoms with Crippen LogP contribution in [0.2, 0.25) is 0 Å². The highest BCUT2D eigenvalue weighted by Crippen LogP contribution is 2.33. The molecule has 0 unspecified atom stereocenters. The molecule has 1 aromatic carbocycles. The Balaban J connectivity index is 0.00000112. The fourth-order valence-corrected chi connectivity index (χ4v) is 2.20. The van der Waals surface area contributed by atoms with Gasteiger partial charge in [0.25, 0.3) is 0 Å². The normalized spacial score (nSPS) is 17.3. The second-order valence-corrected chi connectivity index (χ2v) is 4.02. The summed E-state index contributed by atoms with van der Waals surface area (Å²) in [6.07, 6.45) is 5.21. The molecule has 1 aromatic rings.